The van der Waals surface area contributed by atoms with Crippen LogP contribution >= 0.6 is 0 Å². The number of nitriles is 1. The first kappa shape index (κ1) is 16.0. The van der Waals surface area contributed by atoms with Crippen LogP contribution in [0, 0.1) is 11.3 Å². The number of aromatic nitrogens is 1. The van der Waals surface area contributed by atoms with Crippen LogP contribution in [0.15, 0.2) is 42.6 Å². The summed E-state index contributed by atoms with van der Waals surface area (Å²) in [5.74, 6) is -0.591. The minimum Gasteiger partial charge on any atom is -0.383 e. The minimum absolute atomic E-state index is 0.174. The normalized spacial score (nSPS) is 23.0. The lowest BCUT2D eigenvalue weighted by atomic mass is 9.88. The third-order valence-electron chi connectivity index (χ3n) is 4.74. The van der Waals surface area contributed by atoms with Gasteiger partial charge in [0.15, 0.2) is 0 Å². The number of anilines is 1. The van der Waals surface area contributed by atoms with Crippen LogP contribution in [0.4, 0.5) is 5.69 Å². The Labute approximate surface area is 140 Å². The van der Waals surface area contributed by atoms with E-state index in [2.05, 4.69) is 16.0 Å². The predicted molar refractivity (Wildman–Crippen MR) is 89.2 cm³/mol. The van der Waals surface area contributed by atoms with Gasteiger partial charge in [-0.25, -0.2) is 0 Å². The third-order valence-corrected chi connectivity index (χ3v) is 4.74. The average Bonchev–Trinajstić information content (AvgIpc) is 2.91. The minimum atomic E-state index is -1.06. The van der Waals surface area contributed by atoms with Crippen molar-refractivity contribution in [3.63, 3.8) is 0 Å². The molecular weight excluding hydrogens is 304 g/mol. The van der Waals surface area contributed by atoms with E-state index in [-0.39, 0.29) is 11.7 Å². The van der Waals surface area contributed by atoms with Gasteiger partial charge in [0, 0.05) is 24.0 Å². The highest BCUT2D eigenvalue weighted by Gasteiger charge is 2.45. The molecule has 1 aromatic carbocycles. The Hall–Kier alpha value is -2.91. The van der Waals surface area contributed by atoms with Gasteiger partial charge in [-0.15, -0.1) is 0 Å². The SMILES string of the molecule is C[C@@H]1N(c2ccc(C#N)cc2)CC[C@@]1(O)c1ccc(C(N)=O)nc1. The summed E-state index contributed by atoms with van der Waals surface area (Å²) in [5, 5.41) is 20.0. The van der Waals surface area contributed by atoms with Crippen molar-refractivity contribution in [2.75, 3.05) is 11.4 Å². The van der Waals surface area contributed by atoms with Gasteiger partial charge in [-0.2, -0.15) is 5.26 Å². The summed E-state index contributed by atoms with van der Waals surface area (Å²) in [6, 6.07) is 12.5. The number of nitrogens with zero attached hydrogens (tertiary/aromatic N) is 3. The lowest BCUT2D eigenvalue weighted by Crippen LogP contribution is -2.40. The zero-order valence-electron chi connectivity index (χ0n) is 13.3. The molecule has 2 aromatic rings. The van der Waals surface area contributed by atoms with Crippen molar-refractivity contribution >= 4 is 11.6 Å². The summed E-state index contributed by atoms with van der Waals surface area (Å²) < 4.78 is 0. The standard InChI is InChI=1S/C18H18N4O2/c1-12-18(24,14-4-7-16(17(20)23)21-11-14)8-9-22(12)15-5-2-13(10-19)3-6-15/h2-7,11-12,24H,8-9H2,1H3,(H2,20,23)/t12-,18-/m0/s1. The molecule has 122 valence electrons. The van der Waals surface area contributed by atoms with Crippen molar-refractivity contribution in [3.8, 4) is 6.07 Å². The van der Waals surface area contributed by atoms with Gasteiger partial charge in [0.2, 0.25) is 0 Å². The van der Waals surface area contributed by atoms with Crippen LogP contribution in [-0.4, -0.2) is 28.6 Å². The second-order valence-corrected chi connectivity index (χ2v) is 6.00. The van der Waals surface area contributed by atoms with E-state index in [4.69, 9.17) is 11.0 Å². The Morgan fingerprint density at radius 1 is 1.38 bits per heavy atom. The molecular formula is C18H18N4O2. The molecule has 0 radical (unpaired) electrons. The molecule has 3 N–H and O–H groups in total. The van der Waals surface area contributed by atoms with Gasteiger partial charge in [-0.1, -0.05) is 6.07 Å². The molecule has 3 rings (SSSR count). The predicted octanol–water partition coefficient (Wildman–Crippen LogP) is 1.54. The molecule has 6 nitrogen and oxygen atoms in total. The summed E-state index contributed by atoms with van der Waals surface area (Å²) in [4.78, 5) is 17.3. The summed E-state index contributed by atoms with van der Waals surface area (Å²) in [5.41, 5.74) is 6.55. The van der Waals surface area contributed by atoms with Gasteiger partial charge in [0.05, 0.1) is 17.7 Å². The molecule has 1 aliphatic heterocycles. The number of pyridine rings is 1. The molecule has 0 bridgehead atoms. The van der Waals surface area contributed by atoms with E-state index >= 15 is 0 Å². The molecule has 2 heterocycles. The zero-order valence-corrected chi connectivity index (χ0v) is 13.3. The van der Waals surface area contributed by atoms with Gasteiger partial charge in [-0.3, -0.25) is 9.78 Å². The fourth-order valence-electron chi connectivity index (χ4n) is 3.21. The van der Waals surface area contributed by atoms with Crippen LogP contribution in [0.1, 0.15) is 35.0 Å². The molecule has 1 fully saturated rings. The van der Waals surface area contributed by atoms with E-state index in [1.165, 1.54) is 12.3 Å². The molecule has 0 saturated carbocycles. The van der Waals surface area contributed by atoms with E-state index in [1.807, 2.05) is 19.1 Å². The molecule has 1 saturated heterocycles. The fourth-order valence-corrected chi connectivity index (χ4v) is 3.21. The summed E-state index contributed by atoms with van der Waals surface area (Å²) in [6.45, 7) is 2.63. The van der Waals surface area contributed by atoms with Crippen molar-refractivity contribution in [1.82, 2.24) is 4.98 Å². The topological polar surface area (TPSA) is 103 Å². The Morgan fingerprint density at radius 2 is 2.08 bits per heavy atom. The Morgan fingerprint density at radius 3 is 2.62 bits per heavy atom. The Bertz CT molecular complexity index is 795. The van der Waals surface area contributed by atoms with Crippen molar-refractivity contribution in [1.29, 1.82) is 5.26 Å². The zero-order chi connectivity index (χ0) is 17.3. The first-order chi connectivity index (χ1) is 11.5. The number of carbonyl (C=O) groups excluding carboxylic acids is 1. The second kappa shape index (κ2) is 5.95. The van der Waals surface area contributed by atoms with E-state index in [0.29, 0.717) is 24.1 Å². The number of carbonyl (C=O) groups is 1. The maximum Gasteiger partial charge on any atom is 0.267 e. The maximum atomic E-state index is 11.1. The summed E-state index contributed by atoms with van der Waals surface area (Å²) in [6.07, 6.45) is 2.06. The number of nitrogens with two attached hydrogens (primary N) is 1. The monoisotopic (exact) mass is 322 g/mol. The second-order valence-electron chi connectivity index (χ2n) is 6.00. The largest absolute Gasteiger partial charge is 0.383 e. The van der Waals surface area contributed by atoms with Crippen LogP contribution in [0.25, 0.3) is 0 Å². The number of hydrogen-bond donors (Lipinski definition) is 2. The Balaban J connectivity index is 1.87. The number of aliphatic hydroxyl groups is 1. The highest BCUT2D eigenvalue weighted by Crippen LogP contribution is 2.39. The number of hydrogen-bond acceptors (Lipinski definition) is 5. The first-order valence-corrected chi connectivity index (χ1v) is 7.71. The van der Waals surface area contributed by atoms with Crippen molar-refractivity contribution in [2.45, 2.75) is 25.0 Å². The molecule has 6 heteroatoms. The van der Waals surface area contributed by atoms with Crippen LogP contribution in [0.5, 0.6) is 0 Å². The molecule has 1 amide bonds. The van der Waals surface area contributed by atoms with Crippen molar-refractivity contribution in [2.24, 2.45) is 5.73 Å². The van der Waals surface area contributed by atoms with Crippen LogP contribution in [-0.2, 0) is 5.60 Å². The van der Waals surface area contributed by atoms with Gasteiger partial charge < -0.3 is 15.7 Å². The van der Waals surface area contributed by atoms with E-state index in [1.54, 1.807) is 18.2 Å². The molecule has 0 aliphatic carbocycles. The third kappa shape index (κ3) is 2.59. The van der Waals surface area contributed by atoms with E-state index < -0.39 is 11.5 Å². The smallest absolute Gasteiger partial charge is 0.267 e. The average molecular weight is 322 g/mol. The maximum absolute atomic E-state index is 11.1. The highest BCUT2D eigenvalue weighted by molar-refractivity contribution is 5.90. The Kier molecular flexibility index (Phi) is 3.96. The number of benzene rings is 1. The molecule has 24 heavy (non-hydrogen) atoms. The van der Waals surface area contributed by atoms with Gasteiger partial charge in [-0.05, 0) is 43.7 Å². The highest BCUT2D eigenvalue weighted by atomic mass is 16.3. The van der Waals surface area contributed by atoms with Gasteiger partial charge in [0.1, 0.15) is 11.3 Å². The molecule has 0 unspecified atom stereocenters. The van der Waals surface area contributed by atoms with E-state index in [9.17, 15) is 9.90 Å². The summed E-state index contributed by atoms with van der Waals surface area (Å²) >= 11 is 0. The van der Waals surface area contributed by atoms with Crippen molar-refractivity contribution < 1.29 is 9.90 Å². The molecule has 0 spiro atoms. The fraction of sp³-hybridized carbons (Fsp3) is 0.278. The molecule has 2 atom stereocenters. The van der Waals surface area contributed by atoms with Crippen LogP contribution < -0.4 is 10.6 Å². The van der Waals surface area contributed by atoms with Crippen molar-refractivity contribution in [3.05, 3.63) is 59.4 Å². The van der Waals surface area contributed by atoms with Gasteiger partial charge in [0.25, 0.3) is 5.91 Å². The molecule has 1 aromatic heterocycles. The lowest BCUT2D eigenvalue weighted by molar-refractivity contribution is 0.0326. The number of primary amides is 1. The number of rotatable bonds is 3. The quantitative estimate of drug-likeness (QED) is 0.892. The van der Waals surface area contributed by atoms with E-state index in [0.717, 1.165) is 5.69 Å². The van der Waals surface area contributed by atoms with Gasteiger partial charge >= 0.3 is 0 Å². The summed E-state index contributed by atoms with van der Waals surface area (Å²) in [7, 11) is 0. The van der Waals surface area contributed by atoms with Crippen LogP contribution in [0.2, 0.25) is 0 Å². The number of amides is 1. The molecule has 1 aliphatic rings. The lowest BCUT2D eigenvalue weighted by Gasteiger charge is -2.32. The first-order valence-electron chi connectivity index (χ1n) is 7.71. The van der Waals surface area contributed by atoms with Crippen LogP contribution in [0.3, 0.4) is 0 Å².